The fourth-order valence-corrected chi connectivity index (χ4v) is 3.89. The first-order chi connectivity index (χ1) is 8.90. The SMILES string of the molecule is CC(CS(=O)(=O)N1CCc2ccccc2C1)C(=O)O. The second-order valence-corrected chi connectivity index (χ2v) is 6.88. The largest absolute Gasteiger partial charge is 0.481 e. The lowest BCUT2D eigenvalue weighted by atomic mass is 10.0. The Morgan fingerprint density at radius 2 is 2.00 bits per heavy atom. The summed E-state index contributed by atoms with van der Waals surface area (Å²) in [4.78, 5) is 10.8. The maximum absolute atomic E-state index is 12.2. The predicted molar refractivity (Wildman–Crippen MR) is 71.1 cm³/mol. The lowest BCUT2D eigenvalue weighted by Gasteiger charge is -2.28. The molecule has 2 rings (SSSR count). The van der Waals surface area contributed by atoms with Crippen LogP contribution in [0.15, 0.2) is 24.3 Å². The van der Waals surface area contributed by atoms with E-state index in [1.807, 2.05) is 24.3 Å². The smallest absolute Gasteiger partial charge is 0.307 e. The number of carboxylic acids is 1. The number of carboxylic acid groups (broad SMARTS) is 1. The van der Waals surface area contributed by atoms with Gasteiger partial charge in [0.25, 0.3) is 0 Å². The number of aliphatic carboxylic acids is 1. The second kappa shape index (κ2) is 5.30. The van der Waals surface area contributed by atoms with Crippen LogP contribution in [0.25, 0.3) is 0 Å². The number of benzene rings is 1. The molecule has 0 fully saturated rings. The molecule has 1 atom stereocenters. The molecule has 104 valence electrons. The molecule has 6 heteroatoms. The maximum atomic E-state index is 12.2. The monoisotopic (exact) mass is 283 g/mol. The van der Waals surface area contributed by atoms with E-state index in [2.05, 4.69) is 0 Å². The number of nitrogens with zero attached hydrogens (tertiary/aromatic N) is 1. The van der Waals surface area contributed by atoms with E-state index in [1.54, 1.807) is 0 Å². The predicted octanol–water partition coefficient (Wildman–Crippen LogP) is 1.10. The summed E-state index contributed by atoms with van der Waals surface area (Å²) >= 11 is 0. The standard InChI is InChI=1S/C13H17NO4S/c1-10(13(15)16)9-19(17,18)14-7-6-11-4-2-3-5-12(11)8-14/h2-5,10H,6-9H2,1H3,(H,15,16). The molecule has 0 radical (unpaired) electrons. The van der Waals surface area contributed by atoms with Crippen molar-refractivity contribution in [2.24, 2.45) is 5.92 Å². The first kappa shape index (κ1) is 14.0. The van der Waals surface area contributed by atoms with Gasteiger partial charge in [0.05, 0.1) is 11.7 Å². The van der Waals surface area contributed by atoms with Gasteiger partial charge in [-0.05, 0) is 17.5 Å². The molecular formula is C13H17NO4S. The van der Waals surface area contributed by atoms with E-state index in [4.69, 9.17) is 5.11 Å². The van der Waals surface area contributed by atoms with Crippen molar-refractivity contribution in [2.75, 3.05) is 12.3 Å². The van der Waals surface area contributed by atoms with Gasteiger partial charge in [0.15, 0.2) is 0 Å². The van der Waals surface area contributed by atoms with Crippen molar-refractivity contribution in [3.8, 4) is 0 Å². The Morgan fingerprint density at radius 3 is 2.63 bits per heavy atom. The zero-order valence-corrected chi connectivity index (χ0v) is 11.6. The van der Waals surface area contributed by atoms with Gasteiger partial charge >= 0.3 is 5.97 Å². The van der Waals surface area contributed by atoms with Crippen LogP contribution in [0.1, 0.15) is 18.1 Å². The minimum absolute atomic E-state index is 0.338. The molecule has 1 aromatic rings. The van der Waals surface area contributed by atoms with Gasteiger partial charge in [-0.25, -0.2) is 8.42 Å². The van der Waals surface area contributed by atoms with Crippen molar-refractivity contribution in [3.05, 3.63) is 35.4 Å². The highest BCUT2D eigenvalue weighted by Gasteiger charge is 2.29. The van der Waals surface area contributed by atoms with Crippen LogP contribution in [0.4, 0.5) is 0 Å². The highest BCUT2D eigenvalue weighted by molar-refractivity contribution is 7.89. The average molecular weight is 283 g/mol. The zero-order valence-electron chi connectivity index (χ0n) is 10.7. The number of rotatable bonds is 4. The fourth-order valence-electron chi connectivity index (χ4n) is 2.20. The Bertz CT molecular complexity index is 582. The second-order valence-electron chi connectivity index (χ2n) is 4.87. The number of carbonyl (C=O) groups is 1. The summed E-state index contributed by atoms with van der Waals surface area (Å²) in [5, 5.41) is 8.82. The summed E-state index contributed by atoms with van der Waals surface area (Å²) in [5.41, 5.74) is 2.17. The summed E-state index contributed by atoms with van der Waals surface area (Å²) in [7, 11) is -3.52. The Kier molecular flexibility index (Phi) is 3.91. The van der Waals surface area contributed by atoms with Crippen molar-refractivity contribution in [2.45, 2.75) is 19.9 Å². The molecule has 19 heavy (non-hydrogen) atoms. The van der Waals surface area contributed by atoms with Crippen LogP contribution in [-0.4, -0.2) is 36.1 Å². The van der Waals surface area contributed by atoms with Crippen LogP contribution < -0.4 is 0 Å². The van der Waals surface area contributed by atoms with Crippen LogP contribution >= 0.6 is 0 Å². The summed E-state index contributed by atoms with van der Waals surface area (Å²) in [6.07, 6.45) is 0.677. The van der Waals surface area contributed by atoms with Crippen molar-refractivity contribution in [3.63, 3.8) is 0 Å². The normalized spacial score (nSPS) is 17.7. The summed E-state index contributed by atoms with van der Waals surface area (Å²) in [6.45, 7) is 2.17. The van der Waals surface area contributed by atoms with E-state index in [9.17, 15) is 13.2 Å². The Hall–Kier alpha value is -1.40. The minimum Gasteiger partial charge on any atom is -0.481 e. The van der Waals surface area contributed by atoms with Crippen molar-refractivity contribution >= 4 is 16.0 Å². The number of hydrogen-bond acceptors (Lipinski definition) is 3. The first-order valence-corrected chi connectivity index (χ1v) is 7.78. The number of fused-ring (bicyclic) bond motifs is 1. The molecule has 1 aliphatic rings. The molecule has 0 aliphatic carbocycles. The van der Waals surface area contributed by atoms with E-state index in [0.29, 0.717) is 19.5 Å². The van der Waals surface area contributed by atoms with Gasteiger partial charge in [0.2, 0.25) is 10.0 Å². The molecule has 0 aromatic heterocycles. The molecule has 0 spiro atoms. The van der Waals surface area contributed by atoms with Gasteiger partial charge in [-0.15, -0.1) is 0 Å². The van der Waals surface area contributed by atoms with E-state index < -0.39 is 21.9 Å². The van der Waals surface area contributed by atoms with E-state index >= 15 is 0 Å². The summed E-state index contributed by atoms with van der Waals surface area (Å²) in [5.74, 6) is -2.31. The molecule has 1 N–H and O–H groups in total. The van der Waals surface area contributed by atoms with Crippen LogP contribution in [0.5, 0.6) is 0 Å². The fraction of sp³-hybridized carbons (Fsp3) is 0.462. The van der Waals surface area contributed by atoms with Gasteiger partial charge in [0, 0.05) is 13.1 Å². The lowest BCUT2D eigenvalue weighted by molar-refractivity contribution is -0.140. The topological polar surface area (TPSA) is 74.7 Å². The minimum atomic E-state index is -3.52. The molecular weight excluding hydrogens is 266 g/mol. The Labute approximate surface area is 112 Å². The Balaban J connectivity index is 2.14. The number of sulfonamides is 1. The molecule has 5 nitrogen and oxygen atoms in total. The van der Waals surface area contributed by atoms with Gasteiger partial charge < -0.3 is 5.11 Å². The average Bonchev–Trinajstić information content (AvgIpc) is 2.37. The highest BCUT2D eigenvalue weighted by atomic mass is 32.2. The third kappa shape index (κ3) is 3.13. The maximum Gasteiger partial charge on any atom is 0.307 e. The molecule has 0 saturated carbocycles. The van der Waals surface area contributed by atoms with Gasteiger partial charge in [-0.1, -0.05) is 31.2 Å². The molecule has 1 unspecified atom stereocenters. The lowest BCUT2D eigenvalue weighted by Crippen LogP contribution is -2.39. The molecule has 1 aromatic carbocycles. The number of hydrogen-bond donors (Lipinski definition) is 1. The van der Waals surface area contributed by atoms with Gasteiger partial charge in [-0.2, -0.15) is 4.31 Å². The van der Waals surface area contributed by atoms with Crippen LogP contribution in [-0.2, 0) is 27.8 Å². The zero-order chi connectivity index (χ0) is 14.0. The van der Waals surface area contributed by atoms with Crippen molar-refractivity contribution < 1.29 is 18.3 Å². The quantitative estimate of drug-likeness (QED) is 0.897. The molecule has 0 saturated heterocycles. The van der Waals surface area contributed by atoms with E-state index in [1.165, 1.54) is 16.8 Å². The summed E-state index contributed by atoms with van der Waals surface area (Å²) < 4.78 is 25.7. The third-order valence-electron chi connectivity index (χ3n) is 3.37. The molecule has 1 heterocycles. The molecule has 0 amide bonds. The van der Waals surface area contributed by atoms with Gasteiger partial charge in [-0.3, -0.25) is 4.79 Å². The van der Waals surface area contributed by atoms with Gasteiger partial charge in [0.1, 0.15) is 0 Å². The van der Waals surface area contributed by atoms with E-state index in [-0.39, 0.29) is 5.75 Å². The van der Waals surface area contributed by atoms with Crippen LogP contribution in [0, 0.1) is 5.92 Å². The van der Waals surface area contributed by atoms with E-state index in [0.717, 1.165) is 5.56 Å². The van der Waals surface area contributed by atoms with Crippen molar-refractivity contribution in [1.82, 2.24) is 4.31 Å². The molecule has 0 bridgehead atoms. The highest BCUT2D eigenvalue weighted by Crippen LogP contribution is 2.21. The summed E-state index contributed by atoms with van der Waals surface area (Å²) in [6, 6.07) is 7.74. The van der Waals surface area contributed by atoms with Crippen LogP contribution in [0.2, 0.25) is 0 Å². The van der Waals surface area contributed by atoms with Crippen LogP contribution in [0.3, 0.4) is 0 Å². The molecule has 1 aliphatic heterocycles. The Morgan fingerprint density at radius 1 is 1.37 bits per heavy atom. The van der Waals surface area contributed by atoms with Crippen molar-refractivity contribution in [1.29, 1.82) is 0 Å². The third-order valence-corrected chi connectivity index (χ3v) is 5.39. The first-order valence-electron chi connectivity index (χ1n) is 6.17.